The van der Waals surface area contributed by atoms with Crippen molar-refractivity contribution in [3.05, 3.63) is 29.3 Å². The van der Waals surface area contributed by atoms with Gasteiger partial charge in [-0.05, 0) is 38.0 Å². The first-order valence-electron chi connectivity index (χ1n) is 6.76. The zero-order valence-electron chi connectivity index (χ0n) is 11.5. The molecule has 2 nitrogen and oxygen atoms in total. The Morgan fingerprint density at radius 1 is 1.44 bits per heavy atom. The number of thioether (sulfide) groups is 1. The van der Waals surface area contributed by atoms with Gasteiger partial charge in [-0.1, -0.05) is 24.6 Å². The molecule has 0 spiro atoms. The van der Waals surface area contributed by atoms with Gasteiger partial charge < -0.3 is 10.1 Å². The molecule has 1 aliphatic rings. The maximum Gasteiger partial charge on any atom is 0.124 e. The Balaban J connectivity index is 2.08. The molecule has 1 aliphatic heterocycles. The normalized spacial score (nSPS) is 22.4. The fourth-order valence-corrected chi connectivity index (χ4v) is 3.19. The van der Waals surface area contributed by atoms with Crippen LogP contribution in [-0.4, -0.2) is 24.7 Å². The number of aryl methyl sites for hydroxylation is 1. The highest BCUT2D eigenvalue weighted by Crippen LogP contribution is 2.36. The summed E-state index contributed by atoms with van der Waals surface area (Å²) in [5, 5.41) is 3.42. The van der Waals surface area contributed by atoms with Crippen LogP contribution in [0, 0.1) is 6.92 Å². The molecule has 0 aromatic heterocycles. The smallest absolute Gasteiger partial charge is 0.124 e. The lowest BCUT2D eigenvalue weighted by Crippen LogP contribution is -2.31. The molecule has 1 aromatic rings. The Kier molecular flexibility index (Phi) is 4.95. The molecule has 18 heavy (non-hydrogen) atoms. The Hall–Kier alpha value is -0.670. The summed E-state index contributed by atoms with van der Waals surface area (Å²) in [6.45, 7) is 4.35. The second kappa shape index (κ2) is 6.48. The van der Waals surface area contributed by atoms with E-state index in [9.17, 15) is 0 Å². The van der Waals surface area contributed by atoms with Gasteiger partial charge in [0.15, 0.2) is 0 Å². The summed E-state index contributed by atoms with van der Waals surface area (Å²) in [7, 11) is 2.04. The molecule has 0 aliphatic carbocycles. The molecule has 0 saturated heterocycles. The largest absolute Gasteiger partial charge is 0.490 e. The van der Waals surface area contributed by atoms with E-state index in [4.69, 9.17) is 4.74 Å². The molecule has 0 fully saturated rings. The van der Waals surface area contributed by atoms with Crippen LogP contribution in [0.1, 0.15) is 36.9 Å². The minimum atomic E-state index is 0.358. The number of hydrogen-bond acceptors (Lipinski definition) is 3. The summed E-state index contributed by atoms with van der Waals surface area (Å²) in [4.78, 5) is 0. The summed E-state index contributed by atoms with van der Waals surface area (Å²) >= 11 is 1.99. The van der Waals surface area contributed by atoms with E-state index in [1.807, 2.05) is 18.8 Å². The Bertz CT molecular complexity index is 394. The number of nitrogens with one attached hydrogen (secondary N) is 1. The van der Waals surface area contributed by atoms with Crippen LogP contribution in [0.4, 0.5) is 0 Å². The van der Waals surface area contributed by atoms with Crippen molar-refractivity contribution in [2.45, 2.75) is 38.8 Å². The second-order valence-corrected chi connectivity index (χ2v) is 6.24. The van der Waals surface area contributed by atoms with E-state index in [1.54, 1.807) is 0 Å². The van der Waals surface area contributed by atoms with Crippen LogP contribution in [0.25, 0.3) is 0 Å². The summed E-state index contributed by atoms with van der Waals surface area (Å²) < 4.78 is 6.11. The van der Waals surface area contributed by atoms with Gasteiger partial charge in [-0.2, -0.15) is 11.8 Å². The third kappa shape index (κ3) is 3.21. The minimum absolute atomic E-state index is 0.358. The van der Waals surface area contributed by atoms with Gasteiger partial charge in [-0.15, -0.1) is 0 Å². The van der Waals surface area contributed by atoms with E-state index in [0.717, 1.165) is 18.6 Å². The Labute approximate surface area is 114 Å². The summed E-state index contributed by atoms with van der Waals surface area (Å²) in [6.07, 6.45) is 2.58. The van der Waals surface area contributed by atoms with Gasteiger partial charge in [0.25, 0.3) is 0 Å². The Morgan fingerprint density at radius 3 is 3.00 bits per heavy atom. The summed E-state index contributed by atoms with van der Waals surface area (Å²) in [6, 6.07) is 6.93. The van der Waals surface area contributed by atoms with E-state index in [2.05, 4.69) is 37.4 Å². The summed E-state index contributed by atoms with van der Waals surface area (Å²) in [5.41, 5.74) is 2.62. The molecule has 100 valence electrons. The molecule has 2 unspecified atom stereocenters. The molecular formula is C15H23NOS. The van der Waals surface area contributed by atoms with Gasteiger partial charge in [0, 0.05) is 18.0 Å². The van der Waals surface area contributed by atoms with Crippen molar-refractivity contribution in [1.29, 1.82) is 0 Å². The fourth-order valence-electron chi connectivity index (χ4n) is 2.47. The number of ether oxygens (including phenoxy) is 1. The predicted molar refractivity (Wildman–Crippen MR) is 79.6 cm³/mol. The average Bonchev–Trinajstić information content (AvgIpc) is 2.38. The highest BCUT2D eigenvalue weighted by atomic mass is 32.2. The molecule has 3 heteroatoms. The van der Waals surface area contributed by atoms with Crippen molar-refractivity contribution in [3.8, 4) is 5.75 Å². The van der Waals surface area contributed by atoms with Crippen molar-refractivity contribution in [2.24, 2.45) is 0 Å². The van der Waals surface area contributed by atoms with Crippen LogP contribution < -0.4 is 10.1 Å². The second-order valence-electron chi connectivity index (χ2n) is 4.84. The van der Waals surface area contributed by atoms with Crippen LogP contribution in [0.5, 0.6) is 5.75 Å². The molecule has 2 atom stereocenters. The van der Waals surface area contributed by atoms with Gasteiger partial charge in [0.2, 0.25) is 0 Å². The first-order chi connectivity index (χ1) is 8.74. The van der Waals surface area contributed by atoms with Gasteiger partial charge in [0.05, 0.1) is 0 Å². The van der Waals surface area contributed by atoms with Gasteiger partial charge in [0.1, 0.15) is 11.9 Å². The molecular weight excluding hydrogens is 242 g/mol. The highest BCUT2D eigenvalue weighted by molar-refractivity contribution is 7.99. The van der Waals surface area contributed by atoms with Crippen molar-refractivity contribution >= 4 is 11.8 Å². The molecule has 0 radical (unpaired) electrons. The zero-order valence-corrected chi connectivity index (χ0v) is 12.3. The quantitative estimate of drug-likeness (QED) is 0.823. The fraction of sp³-hybridized carbons (Fsp3) is 0.600. The average molecular weight is 265 g/mol. The van der Waals surface area contributed by atoms with Crippen molar-refractivity contribution in [2.75, 3.05) is 18.6 Å². The van der Waals surface area contributed by atoms with Crippen LogP contribution in [0.2, 0.25) is 0 Å². The number of benzene rings is 1. The Morgan fingerprint density at radius 2 is 2.28 bits per heavy atom. The molecule has 0 amide bonds. The maximum atomic E-state index is 6.11. The van der Waals surface area contributed by atoms with Gasteiger partial charge in [-0.3, -0.25) is 0 Å². The first-order valence-corrected chi connectivity index (χ1v) is 7.92. The van der Waals surface area contributed by atoms with Crippen LogP contribution in [-0.2, 0) is 0 Å². The zero-order chi connectivity index (χ0) is 13.0. The lowest BCUT2D eigenvalue weighted by molar-refractivity contribution is 0.149. The number of fused-ring (bicyclic) bond motifs is 1. The molecule has 2 rings (SSSR count). The number of rotatable bonds is 5. The SMILES string of the molecule is CCSCCC1CC(NC)c2cc(C)ccc2O1. The van der Waals surface area contributed by atoms with Crippen LogP contribution >= 0.6 is 11.8 Å². The molecule has 0 bridgehead atoms. The monoisotopic (exact) mass is 265 g/mol. The minimum Gasteiger partial charge on any atom is -0.490 e. The standard InChI is InChI=1S/C15H23NOS/c1-4-18-8-7-12-10-14(16-3)13-9-11(2)5-6-15(13)17-12/h5-6,9,12,14,16H,4,7-8,10H2,1-3H3. The van der Waals surface area contributed by atoms with E-state index in [0.29, 0.717) is 12.1 Å². The molecule has 1 heterocycles. The van der Waals surface area contributed by atoms with Crippen molar-refractivity contribution in [1.82, 2.24) is 5.32 Å². The molecule has 1 N–H and O–H groups in total. The maximum absolute atomic E-state index is 6.11. The van der Waals surface area contributed by atoms with Crippen molar-refractivity contribution in [3.63, 3.8) is 0 Å². The van der Waals surface area contributed by atoms with E-state index >= 15 is 0 Å². The summed E-state index contributed by atoms with van der Waals surface area (Å²) in [5.74, 6) is 3.45. The lowest BCUT2D eigenvalue weighted by Gasteiger charge is -2.32. The van der Waals surface area contributed by atoms with Crippen LogP contribution in [0.15, 0.2) is 18.2 Å². The lowest BCUT2D eigenvalue weighted by atomic mass is 9.94. The van der Waals surface area contributed by atoms with Crippen LogP contribution in [0.3, 0.4) is 0 Å². The molecule has 0 saturated carbocycles. The molecule has 1 aromatic carbocycles. The third-order valence-corrected chi connectivity index (χ3v) is 4.40. The van der Waals surface area contributed by atoms with E-state index < -0.39 is 0 Å². The first kappa shape index (κ1) is 13.8. The van der Waals surface area contributed by atoms with Gasteiger partial charge in [-0.25, -0.2) is 0 Å². The number of hydrogen-bond donors (Lipinski definition) is 1. The predicted octanol–water partition coefficient (Wildman–Crippen LogP) is 3.55. The van der Waals surface area contributed by atoms with Gasteiger partial charge >= 0.3 is 0 Å². The van der Waals surface area contributed by atoms with E-state index in [1.165, 1.54) is 22.6 Å². The third-order valence-electron chi connectivity index (χ3n) is 3.47. The van der Waals surface area contributed by atoms with E-state index in [-0.39, 0.29) is 0 Å². The van der Waals surface area contributed by atoms with Crippen molar-refractivity contribution < 1.29 is 4.74 Å². The topological polar surface area (TPSA) is 21.3 Å². The highest BCUT2D eigenvalue weighted by Gasteiger charge is 2.26.